The first-order valence-electron chi connectivity index (χ1n) is 8.25. The maximum atomic E-state index is 12.2. The highest BCUT2D eigenvalue weighted by Crippen LogP contribution is 2.33. The van der Waals surface area contributed by atoms with E-state index in [-0.39, 0.29) is 6.03 Å². The predicted molar refractivity (Wildman–Crippen MR) is 102 cm³/mol. The second-order valence-electron chi connectivity index (χ2n) is 6.24. The van der Waals surface area contributed by atoms with Crippen LogP contribution in [0.15, 0.2) is 48.5 Å². The number of hydrogen-bond acceptors (Lipinski definition) is 4. The Morgan fingerprint density at radius 1 is 1.08 bits per heavy atom. The number of ether oxygens (including phenoxy) is 3. The van der Waals surface area contributed by atoms with Crippen LogP contribution in [0.2, 0.25) is 0 Å². The third kappa shape index (κ3) is 4.15. The molecule has 1 unspecified atom stereocenters. The van der Waals surface area contributed by atoms with Gasteiger partial charge in [0.2, 0.25) is 0 Å². The van der Waals surface area contributed by atoms with Gasteiger partial charge in [-0.3, -0.25) is 0 Å². The number of anilines is 2. The first-order valence-corrected chi connectivity index (χ1v) is 8.25. The minimum atomic E-state index is -0.484. The summed E-state index contributed by atoms with van der Waals surface area (Å²) in [5.74, 6) is 1.49. The van der Waals surface area contributed by atoms with Crippen LogP contribution in [-0.4, -0.2) is 32.5 Å². The van der Waals surface area contributed by atoms with E-state index in [1.165, 1.54) is 0 Å². The monoisotopic (exact) mass is 354 g/mol. The standard InChI is InChI=1S/C20H22N2O4/c1-20(13-24-2)11-10-14-12-16(6-9-18(14)26-20)22-19(23)21-15-4-7-17(25-3)8-5-15/h4-12H,13H2,1-3H3,(H2,21,22,23). The van der Waals surface area contributed by atoms with Gasteiger partial charge in [0.05, 0.1) is 13.7 Å². The summed E-state index contributed by atoms with van der Waals surface area (Å²) >= 11 is 0. The molecule has 0 saturated heterocycles. The van der Waals surface area contributed by atoms with Gasteiger partial charge in [-0.2, -0.15) is 0 Å². The number of fused-ring (bicyclic) bond motifs is 1. The molecule has 2 amide bonds. The molecule has 1 atom stereocenters. The Hall–Kier alpha value is -2.99. The third-order valence-electron chi connectivity index (χ3n) is 4.01. The molecule has 1 aliphatic heterocycles. The molecule has 0 radical (unpaired) electrons. The fourth-order valence-corrected chi connectivity index (χ4v) is 2.73. The zero-order valence-electron chi connectivity index (χ0n) is 15.0. The minimum absolute atomic E-state index is 0.319. The quantitative estimate of drug-likeness (QED) is 0.846. The number of urea groups is 1. The summed E-state index contributed by atoms with van der Waals surface area (Å²) in [4.78, 5) is 12.2. The lowest BCUT2D eigenvalue weighted by Crippen LogP contribution is -2.36. The maximum absolute atomic E-state index is 12.2. The normalized spacial score (nSPS) is 17.8. The van der Waals surface area contributed by atoms with Gasteiger partial charge in [0.1, 0.15) is 17.1 Å². The molecule has 6 heteroatoms. The van der Waals surface area contributed by atoms with Gasteiger partial charge in [0.25, 0.3) is 0 Å². The summed E-state index contributed by atoms with van der Waals surface area (Å²) in [5, 5.41) is 5.60. The zero-order chi connectivity index (χ0) is 18.6. The van der Waals surface area contributed by atoms with E-state index >= 15 is 0 Å². The highest BCUT2D eigenvalue weighted by Gasteiger charge is 2.27. The number of rotatable bonds is 5. The van der Waals surface area contributed by atoms with E-state index in [0.29, 0.717) is 18.0 Å². The van der Waals surface area contributed by atoms with Crippen molar-refractivity contribution in [3.05, 3.63) is 54.1 Å². The molecule has 1 aliphatic rings. The number of nitrogens with one attached hydrogen (secondary N) is 2. The lowest BCUT2D eigenvalue weighted by molar-refractivity contribution is 0.0378. The van der Waals surface area contributed by atoms with Crippen molar-refractivity contribution in [2.45, 2.75) is 12.5 Å². The first-order chi connectivity index (χ1) is 12.5. The Balaban J connectivity index is 1.65. The molecule has 0 aromatic heterocycles. The molecule has 0 saturated carbocycles. The Morgan fingerprint density at radius 2 is 1.77 bits per heavy atom. The summed E-state index contributed by atoms with van der Waals surface area (Å²) in [5.41, 5.74) is 1.78. The van der Waals surface area contributed by atoms with Crippen LogP contribution in [0.25, 0.3) is 6.08 Å². The van der Waals surface area contributed by atoms with Crippen molar-refractivity contribution in [3.8, 4) is 11.5 Å². The highest BCUT2D eigenvalue weighted by atomic mass is 16.5. The van der Waals surface area contributed by atoms with Gasteiger partial charge >= 0.3 is 6.03 Å². The average Bonchev–Trinajstić information content (AvgIpc) is 2.62. The van der Waals surface area contributed by atoms with Crippen LogP contribution in [0.3, 0.4) is 0 Å². The van der Waals surface area contributed by atoms with Gasteiger partial charge in [-0.25, -0.2) is 4.79 Å². The smallest absolute Gasteiger partial charge is 0.323 e. The molecule has 1 heterocycles. The van der Waals surface area contributed by atoms with Crippen molar-refractivity contribution < 1.29 is 19.0 Å². The second-order valence-corrected chi connectivity index (χ2v) is 6.24. The maximum Gasteiger partial charge on any atom is 0.323 e. The molecular formula is C20H22N2O4. The molecule has 2 N–H and O–H groups in total. The molecule has 3 rings (SSSR count). The zero-order valence-corrected chi connectivity index (χ0v) is 15.0. The van der Waals surface area contributed by atoms with Gasteiger partial charge in [-0.1, -0.05) is 6.08 Å². The summed E-state index contributed by atoms with van der Waals surface area (Å²) < 4.78 is 16.3. The SMILES string of the molecule is COCC1(C)C=Cc2cc(NC(=O)Nc3ccc(OC)cc3)ccc2O1. The van der Waals surface area contributed by atoms with E-state index < -0.39 is 5.60 Å². The number of benzene rings is 2. The summed E-state index contributed by atoms with van der Waals surface area (Å²) in [6.07, 6.45) is 3.93. The topological polar surface area (TPSA) is 68.8 Å². The molecule has 136 valence electrons. The van der Waals surface area contributed by atoms with Crippen LogP contribution >= 0.6 is 0 Å². The van der Waals surface area contributed by atoms with Crippen molar-refractivity contribution in [1.82, 2.24) is 0 Å². The van der Waals surface area contributed by atoms with Gasteiger partial charge in [0, 0.05) is 24.0 Å². The molecule has 2 aromatic rings. The highest BCUT2D eigenvalue weighted by molar-refractivity contribution is 6.00. The van der Waals surface area contributed by atoms with Gasteiger partial charge < -0.3 is 24.8 Å². The summed E-state index contributed by atoms with van der Waals surface area (Å²) in [6, 6.07) is 12.3. The lowest BCUT2D eigenvalue weighted by atomic mass is 10.0. The number of methoxy groups -OCH3 is 2. The van der Waals surface area contributed by atoms with Gasteiger partial charge in [0.15, 0.2) is 0 Å². The van der Waals surface area contributed by atoms with Crippen LogP contribution in [0, 0.1) is 0 Å². The van der Waals surface area contributed by atoms with Gasteiger partial charge in [-0.15, -0.1) is 0 Å². The fraction of sp³-hybridized carbons (Fsp3) is 0.250. The van der Waals surface area contributed by atoms with Crippen LogP contribution in [0.1, 0.15) is 12.5 Å². The fourth-order valence-electron chi connectivity index (χ4n) is 2.73. The first kappa shape index (κ1) is 17.8. The van der Waals surface area contributed by atoms with E-state index in [1.807, 2.05) is 31.2 Å². The van der Waals surface area contributed by atoms with E-state index in [1.54, 1.807) is 44.6 Å². The Morgan fingerprint density at radius 3 is 2.46 bits per heavy atom. The number of amides is 2. The number of carbonyl (C=O) groups excluding carboxylic acids is 1. The molecular weight excluding hydrogens is 332 g/mol. The minimum Gasteiger partial charge on any atom is -0.497 e. The van der Waals surface area contributed by atoms with E-state index in [0.717, 1.165) is 17.1 Å². The Labute approximate surface area is 152 Å². The molecule has 0 fully saturated rings. The lowest BCUT2D eigenvalue weighted by Gasteiger charge is -2.31. The molecule has 26 heavy (non-hydrogen) atoms. The van der Waals surface area contributed by atoms with E-state index in [4.69, 9.17) is 14.2 Å². The molecule has 6 nitrogen and oxygen atoms in total. The number of hydrogen-bond donors (Lipinski definition) is 2. The van der Waals surface area contributed by atoms with Crippen molar-refractivity contribution in [2.24, 2.45) is 0 Å². The summed E-state index contributed by atoms with van der Waals surface area (Å²) in [7, 11) is 3.24. The molecule has 2 aromatic carbocycles. The average molecular weight is 354 g/mol. The van der Waals surface area contributed by atoms with Crippen LogP contribution in [0.4, 0.5) is 16.2 Å². The largest absolute Gasteiger partial charge is 0.497 e. The Bertz CT molecular complexity index is 817. The van der Waals surface area contributed by atoms with Crippen LogP contribution in [0.5, 0.6) is 11.5 Å². The van der Waals surface area contributed by atoms with Gasteiger partial charge in [-0.05, 0) is 55.5 Å². The summed E-state index contributed by atoms with van der Waals surface area (Å²) in [6.45, 7) is 2.43. The molecule has 0 bridgehead atoms. The predicted octanol–water partition coefficient (Wildman–Crippen LogP) is 4.15. The van der Waals surface area contributed by atoms with Crippen molar-refractivity contribution in [2.75, 3.05) is 31.5 Å². The van der Waals surface area contributed by atoms with E-state index in [2.05, 4.69) is 10.6 Å². The van der Waals surface area contributed by atoms with Crippen molar-refractivity contribution >= 4 is 23.5 Å². The Kier molecular flexibility index (Phi) is 5.14. The second kappa shape index (κ2) is 7.49. The van der Waals surface area contributed by atoms with Crippen molar-refractivity contribution in [1.29, 1.82) is 0 Å². The van der Waals surface area contributed by atoms with Crippen LogP contribution < -0.4 is 20.1 Å². The molecule has 0 spiro atoms. The van der Waals surface area contributed by atoms with E-state index in [9.17, 15) is 4.79 Å². The van der Waals surface area contributed by atoms with Crippen LogP contribution in [-0.2, 0) is 4.74 Å². The van der Waals surface area contributed by atoms with Crippen molar-refractivity contribution in [3.63, 3.8) is 0 Å². The third-order valence-corrected chi connectivity index (χ3v) is 4.01. The number of carbonyl (C=O) groups is 1. The molecule has 0 aliphatic carbocycles.